The molecule has 1 aromatic carbocycles. The maximum absolute atomic E-state index is 11.2. The van der Waals surface area contributed by atoms with Gasteiger partial charge in [0.2, 0.25) is 0 Å². The van der Waals surface area contributed by atoms with E-state index in [2.05, 4.69) is 24.3 Å². The van der Waals surface area contributed by atoms with Gasteiger partial charge in [-0.25, -0.2) is 0 Å². The zero-order valence-electron chi connectivity index (χ0n) is 12.9. The number of benzene rings is 1. The summed E-state index contributed by atoms with van der Waals surface area (Å²) in [5.41, 5.74) is 2.74. The number of hydrogen-bond donors (Lipinski definition) is 0. The average molecular weight is 310 g/mol. The second kappa shape index (κ2) is 7.95. The molecule has 0 saturated heterocycles. The predicted octanol–water partition coefficient (Wildman–Crippen LogP) is 4.03. The Balaban J connectivity index is 1.83. The number of aryl methyl sites for hydroxylation is 1. The van der Waals surface area contributed by atoms with Gasteiger partial charge in [-0.3, -0.25) is 4.18 Å². The van der Waals surface area contributed by atoms with Gasteiger partial charge in [0.15, 0.2) is 0 Å². The molecule has 21 heavy (non-hydrogen) atoms. The molecular formula is C17H26O3S. The van der Waals surface area contributed by atoms with Crippen molar-refractivity contribution in [1.82, 2.24) is 0 Å². The fourth-order valence-corrected chi connectivity index (χ4v) is 3.52. The summed E-state index contributed by atoms with van der Waals surface area (Å²) in [6.07, 6.45) is 8.30. The van der Waals surface area contributed by atoms with Gasteiger partial charge in [0, 0.05) is 0 Å². The molecule has 0 bridgehead atoms. The first-order valence-corrected chi connectivity index (χ1v) is 9.64. The van der Waals surface area contributed by atoms with Gasteiger partial charge in [-0.1, -0.05) is 43.5 Å². The smallest absolute Gasteiger partial charge is 0.267 e. The number of hydrogen-bond acceptors (Lipinski definition) is 3. The van der Waals surface area contributed by atoms with Crippen LogP contribution in [0.3, 0.4) is 0 Å². The number of rotatable bonds is 7. The monoisotopic (exact) mass is 310 g/mol. The van der Waals surface area contributed by atoms with Gasteiger partial charge in [-0.05, 0) is 49.7 Å². The molecule has 1 aliphatic carbocycles. The van der Waals surface area contributed by atoms with Gasteiger partial charge >= 0.3 is 0 Å². The summed E-state index contributed by atoms with van der Waals surface area (Å²) >= 11 is 0. The molecule has 0 N–H and O–H groups in total. The molecule has 1 aliphatic rings. The van der Waals surface area contributed by atoms with Crippen LogP contribution in [0.2, 0.25) is 0 Å². The third kappa shape index (κ3) is 5.44. The molecule has 0 radical (unpaired) electrons. The van der Waals surface area contributed by atoms with Gasteiger partial charge in [-0.15, -0.1) is 0 Å². The van der Waals surface area contributed by atoms with Crippen LogP contribution >= 0.6 is 0 Å². The zero-order valence-corrected chi connectivity index (χ0v) is 13.7. The molecule has 118 valence electrons. The lowest BCUT2D eigenvalue weighted by Crippen LogP contribution is -2.09. The Hall–Kier alpha value is -0.870. The second-order valence-electron chi connectivity index (χ2n) is 5.85. The van der Waals surface area contributed by atoms with E-state index in [4.69, 9.17) is 4.18 Å². The summed E-state index contributed by atoms with van der Waals surface area (Å²) in [7, 11) is -3.30. The molecule has 0 atom stereocenters. The van der Waals surface area contributed by atoms with Crippen LogP contribution in [0.5, 0.6) is 0 Å². The molecule has 3 nitrogen and oxygen atoms in total. The van der Waals surface area contributed by atoms with Crippen molar-refractivity contribution in [3.63, 3.8) is 0 Å². The lowest BCUT2D eigenvalue weighted by Gasteiger charge is -2.22. The highest BCUT2D eigenvalue weighted by molar-refractivity contribution is 7.86. The minimum Gasteiger partial charge on any atom is -0.270 e. The Morgan fingerprint density at radius 3 is 2.67 bits per heavy atom. The van der Waals surface area contributed by atoms with Crippen LogP contribution in [0.1, 0.15) is 62.5 Å². The largest absolute Gasteiger partial charge is 0.270 e. The van der Waals surface area contributed by atoms with E-state index in [0.29, 0.717) is 0 Å². The summed E-state index contributed by atoms with van der Waals surface area (Å²) in [4.78, 5) is 0. The molecule has 1 fully saturated rings. The maximum Gasteiger partial charge on any atom is 0.267 e. The van der Waals surface area contributed by atoms with Crippen molar-refractivity contribution in [2.75, 3.05) is 12.4 Å². The minimum absolute atomic E-state index is 0.0458. The van der Waals surface area contributed by atoms with E-state index >= 15 is 0 Å². The van der Waals surface area contributed by atoms with Crippen LogP contribution in [0.15, 0.2) is 24.3 Å². The normalized spacial score (nSPS) is 17.0. The van der Waals surface area contributed by atoms with Crippen LogP contribution in [-0.4, -0.2) is 20.8 Å². The van der Waals surface area contributed by atoms with Crippen LogP contribution in [-0.2, 0) is 20.7 Å². The summed E-state index contributed by atoms with van der Waals surface area (Å²) in [5, 5.41) is 0. The third-order valence-corrected chi connectivity index (χ3v) is 5.49. The Labute approximate surface area is 128 Å². The van der Waals surface area contributed by atoms with E-state index < -0.39 is 10.1 Å². The highest BCUT2D eigenvalue weighted by Crippen LogP contribution is 2.32. The van der Waals surface area contributed by atoms with Crippen molar-refractivity contribution >= 4 is 10.1 Å². The summed E-state index contributed by atoms with van der Waals surface area (Å²) < 4.78 is 27.4. The first kappa shape index (κ1) is 16.5. The SMILES string of the molecule is CCS(=O)(=O)OCCCc1cccc(C2CCCCC2)c1. The fraction of sp³-hybridized carbons (Fsp3) is 0.647. The van der Waals surface area contributed by atoms with E-state index in [1.54, 1.807) is 6.92 Å². The van der Waals surface area contributed by atoms with Crippen LogP contribution in [0.4, 0.5) is 0 Å². The molecule has 0 aliphatic heterocycles. The highest BCUT2D eigenvalue weighted by atomic mass is 32.2. The van der Waals surface area contributed by atoms with Crippen molar-refractivity contribution < 1.29 is 12.6 Å². The quantitative estimate of drug-likeness (QED) is 0.564. The summed E-state index contributed by atoms with van der Waals surface area (Å²) in [5.74, 6) is 0.764. The molecule has 0 heterocycles. The van der Waals surface area contributed by atoms with E-state index in [1.807, 2.05) is 0 Å². The zero-order chi connectivity index (χ0) is 15.1. The molecule has 0 amide bonds. The van der Waals surface area contributed by atoms with Gasteiger partial charge in [0.1, 0.15) is 0 Å². The van der Waals surface area contributed by atoms with Crippen molar-refractivity contribution in [2.24, 2.45) is 0 Å². The van der Waals surface area contributed by atoms with Gasteiger partial charge in [0.05, 0.1) is 12.4 Å². The van der Waals surface area contributed by atoms with Gasteiger partial charge in [-0.2, -0.15) is 8.42 Å². The Morgan fingerprint density at radius 2 is 1.95 bits per heavy atom. The van der Waals surface area contributed by atoms with E-state index in [9.17, 15) is 8.42 Å². The Kier molecular flexibility index (Phi) is 6.24. The molecule has 0 spiro atoms. The fourth-order valence-electron chi connectivity index (χ4n) is 2.98. The van der Waals surface area contributed by atoms with E-state index in [-0.39, 0.29) is 12.4 Å². The molecule has 4 heteroatoms. The van der Waals surface area contributed by atoms with Crippen molar-refractivity contribution in [3.8, 4) is 0 Å². The summed E-state index contributed by atoms with van der Waals surface area (Å²) in [6, 6.07) is 8.78. The van der Waals surface area contributed by atoms with Crippen molar-refractivity contribution in [3.05, 3.63) is 35.4 Å². The first-order valence-electron chi connectivity index (χ1n) is 8.06. The van der Waals surface area contributed by atoms with Crippen LogP contribution < -0.4 is 0 Å². The third-order valence-electron chi connectivity index (χ3n) is 4.25. The topological polar surface area (TPSA) is 43.4 Å². The van der Waals surface area contributed by atoms with Crippen LogP contribution in [0, 0.1) is 0 Å². The molecular weight excluding hydrogens is 284 g/mol. The van der Waals surface area contributed by atoms with Gasteiger partial charge in [0.25, 0.3) is 10.1 Å². The van der Waals surface area contributed by atoms with E-state index in [0.717, 1.165) is 18.8 Å². The van der Waals surface area contributed by atoms with Crippen molar-refractivity contribution in [1.29, 1.82) is 0 Å². The molecule has 0 aromatic heterocycles. The molecule has 2 rings (SSSR count). The Bertz CT molecular complexity index is 531. The predicted molar refractivity (Wildman–Crippen MR) is 86.0 cm³/mol. The molecule has 1 saturated carbocycles. The molecule has 1 aromatic rings. The maximum atomic E-state index is 11.2. The lowest BCUT2D eigenvalue weighted by atomic mass is 9.83. The standard InChI is InChI=1S/C17H26O3S/c1-2-21(18,19)20-13-7-9-15-8-6-12-17(14-15)16-10-4-3-5-11-16/h6,8,12,14,16H,2-5,7,9-11,13H2,1H3. The van der Waals surface area contributed by atoms with Crippen molar-refractivity contribution in [2.45, 2.75) is 57.8 Å². The highest BCUT2D eigenvalue weighted by Gasteiger charge is 2.15. The van der Waals surface area contributed by atoms with E-state index in [1.165, 1.54) is 43.2 Å². The first-order chi connectivity index (χ1) is 10.1. The summed E-state index contributed by atoms with van der Waals surface area (Å²) in [6.45, 7) is 1.88. The Morgan fingerprint density at radius 1 is 1.19 bits per heavy atom. The van der Waals surface area contributed by atoms with Gasteiger partial charge < -0.3 is 0 Å². The van der Waals surface area contributed by atoms with Crippen LogP contribution in [0.25, 0.3) is 0 Å². The molecule has 0 unspecified atom stereocenters. The minimum atomic E-state index is -3.30. The average Bonchev–Trinajstić information content (AvgIpc) is 2.53. The lowest BCUT2D eigenvalue weighted by molar-refractivity contribution is 0.313. The second-order valence-corrected chi connectivity index (χ2v) is 7.78.